The normalized spacial score (nSPS) is 12.9. The zero-order valence-electron chi connectivity index (χ0n) is 12.5. The number of imidazole rings is 1. The van der Waals surface area contributed by atoms with Gasteiger partial charge >= 0.3 is 0 Å². The minimum Gasteiger partial charge on any atom is -0.344 e. The number of carbonyl (C=O) groups is 1. The van der Waals surface area contributed by atoms with Crippen LogP contribution in [0.3, 0.4) is 0 Å². The van der Waals surface area contributed by atoms with Crippen molar-refractivity contribution >= 4 is 28.7 Å². The summed E-state index contributed by atoms with van der Waals surface area (Å²) in [6, 6.07) is 0. The summed E-state index contributed by atoms with van der Waals surface area (Å²) < 4.78 is 3.61. The number of hydrogen-bond acceptors (Lipinski definition) is 3. The molecule has 1 amide bonds. The van der Waals surface area contributed by atoms with Crippen LogP contribution in [0.2, 0.25) is 0 Å². The van der Waals surface area contributed by atoms with Crippen LogP contribution in [0.15, 0.2) is 0 Å². The molecule has 0 N–H and O–H groups in total. The van der Waals surface area contributed by atoms with Gasteiger partial charge in [-0.3, -0.25) is 9.48 Å². The van der Waals surface area contributed by atoms with Crippen LogP contribution < -0.4 is 0 Å². The second-order valence-electron chi connectivity index (χ2n) is 4.96. The van der Waals surface area contributed by atoms with Crippen LogP contribution in [0.25, 0.3) is 11.2 Å². The quantitative estimate of drug-likeness (QED) is 0.809. The molecule has 1 unspecified atom stereocenters. The van der Waals surface area contributed by atoms with Crippen molar-refractivity contribution in [2.24, 2.45) is 7.05 Å². The fourth-order valence-corrected chi connectivity index (χ4v) is 2.41. The van der Waals surface area contributed by atoms with E-state index in [-0.39, 0.29) is 17.8 Å². The van der Waals surface area contributed by atoms with Crippen molar-refractivity contribution in [2.45, 2.75) is 32.7 Å². The lowest BCUT2D eigenvalue weighted by atomic mass is 10.4. The summed E-state index contributed by atoms with van der Waals surface area (Å²) in [5, 5.41) is 4.09. The number of rotatable bonds is 4. The Morgan fingerprint density at radius 3 is 2.70 bits per heavy atom. The highest BCUT2D eigenvalue weighted by Crippen LogP contribution is 2.26. The summed E-state index contributed by atoms with van der Waals surface area (Å²) in [7, 11) is 3.64. The number of alkyl halides is 1. The van der Waals surface area contributed by atoms with Gasteiger partial charge < -0.3 is 9.47 Å². The fraction of sp³-hybridized carbons (Fsp3) is 0.615. The lowest BCUT2D eigenvalue weighted by Crippen LogP contribution is -2.30. The maximum atomic E-state index is 12.2. The fourth-order valence-electron chi connectivity index (χ4n) is 2.24. The zero-order valence-corrected chi connectivity index (χ0v) is 13.3. The average Bonchev–Trinajstić information content (AvgIpc) is 2.88. The third-order valence-electron chi connectivity index (χ3n) is 3.47. The average molecular weight is 298 g/mol. The molecule has 2 rings (SSSR count). The smallest absolute Gasteiger partial charge is 0.242 e. The van der Waals surface area contributed by atoms with Gasteiger partial charge in [-0.2, -0.15) is 5.10 Å². The Bertz CT molecular complexity index is 643. The molecule has 2 aromatic heterocycles. The topological polar surface area (TPSA) is 56.0 Å². The largest absolute Gasteiger partial charge is 0.344 e. The molecule has 6 nitrogen and oxygen atoms in total. The highest BCUT2D eigenvalue weighted by Gasteiger charge is 2.22. The van der Waals surface area contributed by atoms with E-state index in [0.29, 0.717) is 12.4 Å². The maximum Gasteiger partial charge on any atom is 0.242 e. The van der Waals surface area contributed by atoms with Gasteiger partial charge in [0.15, 0.2) is 5.65 Å². The van der Waals surface area contributed by atoms with E-state index in [9.17, 15) is 4.79 Å². The predicted octanol–water partition coefficient (Wildman–Crippen LogP) is 1.86. The summed E-state index contributed by atoms with van der Waals surface area (Å²) >= 11 is 6.20. The molecule has 0 aromatic carbocycles. The molecule has 7 heteroatoms. The van der Waals surface area contributed by atoms with Crippen LogP contribution in [0, 0.1) is 6.92 Å². The number of fused-ring (bicyclic) bond motifs is 1. The van der Waals surface area contributed by atoms with Crippen molar-refractivity contribution in [2.75, 3.05) is 13.6 Å². The molecule has 20 heavy (non-hydrogen) atoms. The van der Waals surface area contributed by atoms with Crippen molar-refractivity contribution in [1.82, 2.24) is 24.2 Å². The molecule has 0 saturated heterocycles. The van der Waals surface area contributed by atoms with E-state index in [0.717, 1.165) is 16.9 Å². The van der Waals surface area contributed by atoms with Crippen LogP contribution in [-0.2, 0) is 18.4 Å². The highest BCUT2D eigenvalue weighted by atomic mass is 35.5. The SMILES string of the molecule is CCN(C)C(=O)Cn1c(C(C)Cl)nc2c(C)nn(C)c21. The van der Waals surface area contributed by atoms with E-state index in [1.807, 2.05) is 32.4 Å². The first-order valence-electron chi connectivity index (χ1n) is 6.64. The Hall–Kier alpha value is -1.56. The van der Waals surface area contributed by atoms with Gasteiger partial charge in [-0.15, -0.1) is 11.6 Å². The lowest BCUT2D eigenvalue weighted by molar-refractivity contribution is -0.130. The van der Waals surface area contributed by atoms with E-state index in [1.165, 1.54) is 0 Å². The number of nitrogens with zero attached hydrogens (tertiary/aromatic N) is 5. The Balaban J connectivity index is 2.54. The summed E-state index contributed by atoms with van der Waals surface area (Å²) in [5.41, 5.74) is 2.49. The number of amides is 1. The molecule has 0 saturated carbocycles. The molecule has 0 aliphatic rings. The molecule has 1 atom stereocenters. The molecule has 0 fully saturated rings. The number of aromatic nitrogens is 4. The van der Waals surface area contributed by atoms with E-state index in [1.54, 1.807) is 16.6 Å². The van der Waals surface area contributed by atoms with Gasteiger partial charge in [0.2, 0.25) is 5.91 Å². The van der Waals surface area contributed by atoms with Crippen molar-refractivity contribution in [3.63, 3.8) is 0 Å². The van der Waals surface area contributed by atoms with Gasteiger partial charge in [0.05, 0.1) is 11.1 Å². The molecular formula is C13H20ClN5O. The van der Waals surface area contributed by atoms with Gasteiger partial charge in [0.1, 0.15) is 17.9 Å². The lowest BCUT2D eigenvalue weighted by Gasteiger charge is -2.17. The summed E-state index contributed by atoms with van der Waals surface area (Å²) in [6.07, 6.45) is 0. The number of carbonyl (C=O) groups excluding carboxylic acids is 1. The van der Waals surface area contributed by atoms with Gasteiger partial charge in [-0.25, -0.2) is 4.98 Å². The van der Waals surface area contributed by atoms with Gasteiger partial charge in [-0.1, -0.05) is 0 Å². The van der Waals surface area contributed by atoms with E-state index < -0.39 is 0 Å². The Kier molecular flexibility index (Phi) is 4.04. The molecule has 0 aliphatic heterocycles. The number of halogens is 1. The predicted molar refractivity (Wildman–Crippen MR) is 78.8 cm³/mol. The van der Waals surface area contributed by atoms with E-state index in [2.05, 4.69) is 10.1 Å². The Morgan fingerprint density at radius 2 is 2.15 bits per heavy atom. The first-order chi connectivity index (χ1) is 9.36. The van der Waals surface area contributed by atoms with Crippen LogP contribution in [0.1, 0.15) is 30.7 Å². The molecule has 0 aliphatic carbocycles. The van der Waals surface area contributed by atoms with Crippen LogP contribution in [0.4, 0.5) is 0 Å². The van der Waals surface area contributed by atoms with Crippen molar-refractivity contribution < 1.29 is 4.79 Å². The van der Waals surface area contributed by atoms with E-state index >= 15 is 0 Å². The second-order valence-corrected chi connectivity index (χ2v) is 5.62. The molecular weight excluding hydrogens is 278 g/mol. The van der Waals surface area contributed by atoms with Crippen molar-refractivity contribution in [3.05, 3.63) is 11.5 Å². The maximum absolute atomic E-state index is 12.2. The first-order valence-corrected chi connectivity index (χ1v) is 7.08. The Labute approximate surface area is 123 Å². The first kappa shape index (κ1) is 14.8. The second kappa shape index (κ2) is 5.44. The van der Waals surface area contributed by atoms with Crippen LogP contribution in [-0.4, -0.2) is 43.7 Å². The number of aryl methyl sites for hydroxylation is 2. The van der Waals surface area contributed by atoms with Gasteiger partial charge in [0, 0.05) is 20.6 Å². The summed E-state index contributed by atoms with van der Waals surface area (Å²) in [6.45, 7) is 6.61. The third-order valence-corrected chi connectivity index (χ3v) is 3.66. The molecule has 0 spiro atoms. The molecule has 2 aromatic rings. The molecule has 0 radical (unpaired) electrons. The van der Waals surface area contributed by atoms with Crippen molar-refractivity contribution in [3.8, 4) is 0 Å². The molecule has 110 valence electrons. The third kappa shape index (κ3) is 2.40. The summed E-state index contributed by atoms with van der Waals surface area (Å²) in [4.78, 5) is 18.4. The van der Waals surface area contributed by atoms with Gasteiger partial charge in [0.25, 0.3) is 0 Å². The number of likely N-dealkylation sites (N-methyl/N-ethyl adjacent to an activating group) is 1. The van der Waals surface area contributed by atoms with E-state index in [4.69, 9.17) is 11.6 Å². The summed E-state index contributed by atoms with van der Waals surface area (Å²) in [5.74, 6) is 0.736. The Morgan fingerprint density at radius 1 is 1.50 bits per heavy atom. The molecule has 0 bridgehead atoms. The minimum atomic E-state index is -0.262. The van der Waals surface area contributed by atoms with Crippen molar-refractivity contribution in [1.29, 1.82) is 0 Å². The highest BCUT2D eigenvalue weighted by molar-refractivity contribution is 6.20. The van der Waals surface area contributed by atoms with Crippen LogP contribution in [0.5, 0.6) is 0 Å². The standard InChI is InChI=1S/C13H20ClN5O/c1-6-17(4)10(20)7-19-12(8(2)14)15-11-9(3)16-18(5)13(11)19/h8H,6-7H2,1-5H3. The monoisotopic (exact) mass is 297 g/mol. The van der Waals surface area contributed by atoms with Gasteiger partial charge in [-0.05, 0) is 20.8 Å². The molecule has 2 heterocycles. The zero-order chi connectivity index (χ0) is 15.0. The minimum absolute atomic E-state index is 0.0317. The van der Waals surface area contributed by atoms with Crippen LogP contribution >= 0.6 is 11.6 Å². The number of hydrogen-bond donors (Lipinski definition) is 0.